The highest BCUT2D eigenvalue weighted by Crippen LogP contribution is 2.25. The maximum Gasteiger partial charge on any atom is 0.127 e. The Bertz CT molecular complexity index is 597. The van der Waals surface area contributed by atoms with Crippen LogP contribution >= 0.6 is 27.3 Å². The molecule has 0 unspecified atom stereocenters. The van der Waals surface area contributed by atoms with E-state index >= 15 is 0 Å². The normalized spacial score (nSPS) is 14.5. The molecule has 1 aromatic heterocycles. The second-order valence-corrected chi connectivity index (χ2v) is 7.49. The molecule has 20 heavy (non-hydrogen) atoms. The standard InChI is InChI=1S/C15H15BrFNOS/c16-15-4-3-14(20-15)9-19-13-6-10(5-11(17)7-13)8-18-12-1-2-12/h3-7,12,18H,1-2,8-9H2. The highest BCUT2D eigenvalue weighted by molar-refractivity contribution is 9.11. The Hall–Kier alpha value is -0.910. The summed E-state index contributed by atoms with van der Waals surface area (Å²) in [5, 5.41) is 3.38. The molecule has 2 nitrogen and oxygen atoms in total. The molecule has 0 bridgehead atoms. The Labute approximate surface area is 130 Å². The lowest BCUT2D eigenvalue weighted by molar-refractivity contribution is 0.307. The molecule has 1 fully saturated rings. The number of nitrogens with one attached hydrogen (secondary N) is 1. The van der Waals surface area contributed by atoms with Crippen LogP contribution in [0.1, 0.15) is 23.3 Å². The van der Waals surface area contributed by atoms with Gasteiger partial charge in [0.05, 0.1) is 3.79 Å². The Kier molecular flexibility index (Phi) is 4.38. The van der Waals surface area contributed by atoms with Gasteiger partial charge in [-0.2, -0.15) is 0 Å². The number of halogens is 2. The molecule has 2 aromatic rings. The van der Waals surface area contributed by atoms with Crippen LogP contribution in [0, 0.1) is 5.82 Å². The summed E-state index contributed by atoms with van der Waals surface area (Å²) < 4.78 is 20.3. The first-order chi connectivity index (χ1) is 9.69. The van der Waals surface area contributed by atoms with Gasteiger partial charge in [0.1, 0.15) is 18.2 Å². The monoisotopic (exact) mass is 355 g/mol. The average molecular weight is 356 g/mol. The van der Waals surface area contributed by atoms with Crippen molar-refractivity contribution >= 4 is 27.3 Å². The van der Waals surface area contributed by atoms with E-state index in [1.807, 2.05) is 18.2 Å². The molecule has 0 amide bonds. The Morgan fingerprint density at radius 3 is 2.85 bits per heavy atom. The van der Waals surface area contributed by atoms with Gasteiger partial charge in [-0.3, -0.25) is 0 Å². The summed E-state index contributed by atoms with van der Waals surface area (Å²) in [4.78, 5) is 1.11. The zero-order chi connectivity index (χ0) is 13.9. The van der Waals surface area contributed by atoms with Crippen molar-refractivity contribution in [3.8, 4) is 5.75 Å². The molecule has 1 aromatic carbocycles. The second kappa shape index (κ2) is 6.24. The molecule has 0 saturated heterocycles. The minimum Gasteiger partial charge on any atom is -0.488 e. The van der Waals surface area contributed by atoms with Crippen molar-refractivity contribution in [2.75, 3.05) is 0 Å². The lowest BCUT2D eigenvalue weighted by Crippen LogP contribution is -2.15. The smallest absolute Gasteiger partial charge is 0.127 e. The predicted molar refractivity (Wildman–Crippen MR) is 82.6 cm³/mol. The number of thiophene rings is 1. The van der Waals surface area contributed by atoms with Crippen molar-refractivity contribution in [1.29, 1.82) is 0 Å². The van der Waals surface area contributed by atoms with E-state index in [-0.39, 0.29) is 5.82 Å². The fourth-order valence-corrected chi connectivity index (χ4v) is 3.34. The van der Waals surface area contributed by atoms with Gasteiger partial charge in [-0.25, -0.2) is 4.39 Å². The number of rotatable bonds is 6. The zero-order valence-electron chi connectivity index (χ0n) is 10.9. The molecule has 1 aliphatic rings. The first kappa shape index (κ1) is 14.0. The number of ether oxygens (including phenoxy) is 1. The summed E-state index contributed by atoms with van der Waals surface area (Å²) in [5.41, 5.74) is 0.930. The zero-order valence-corrected chi connectivity index (χ0v) is 13.3. The SMILES string of the molecule is Fc1cc(CNC2CC2)cc(OCc2ccc(Br)s2)c1. The van der Waals surface area contributed by atoms with Crippen molar-refractivity contribution in [2.24, 2.45) is 0 Å². The van der Waals surface area contributed by atoms with Crippen molar-refractivity contribution in [3.63, 3.8) is 0 Å². The van der Waals surface area contributed by atoms with E-state index in [4.69, 9.17) is 4.74 Å². The Morgan fingerprint density at radius 1 is 1.30 bits per heavy atom. The van der Waals surface area contributed by atoms with Gasteiger partial charge in [-0.1, -0.05) is 0 Å². The van der Waals surface area contributed by atoms with Crippen molar-refractivity contribution in [3.05, 3.63) is 50.4 Å². The minimum absolute atomic E-state index is 0.248. The summed E-state index contributed by atoms with van der Waals surface area (Å²) in [7, 11) is 0. The van der Waals surface area contributed by atoms with Crippen molar-refractivity contribution in [1.82, 2.24) is 5.32 Å². The number of hydrogen-bond acceptors (Lipinski definition) is 3. The van der Waals surface area contributed by atoms with Gasteiger partial charge in [-0.15, -0.1) is 11.3 Å². The van der Waals surface area contributed by atoms with Crippen LogP contribution in [0.25, 0.3) is 0 Å². The lowest BCUT2D eigenvalue weighted by atomic mass is 10.2. The van der Waals surface area contributed by atoms with E-state index in [1.165, 1.54) is 18.9 Å². The molecular formula is C15H15BrFNOS. The molecule has 1 saturated carbocycles. The second-order valence-electron chi connectivity index (χ2n) is 4.94. The highest BCUT2D eigenvalue weighted by atomic mass is 79.9. The minimum atomic E-state index is -0.248. The largest absolute Gasteiger partial charge is 0.488 e. The third kappa shape index (κ3) is 4.04. The average Bonchev–Trinajstić information content (AvgIpc) is 3.15. The van der Waals surface area contributed by atoms with E-state index in [0.717, 1.165) is 14.2 Å². The molecule has 1 N–H and O–H groups in total. The summed E-state index contributed by atoms with van der Waals surface area (Å²) in [6.45, 7) is 1.17. The quantitative estimate of drug-likeness (QED) is 0.824. The molecule has 0 atom stereocenters. The molecule has 1 heterocycles. The topological polar surface area (TPSA) is 21.3 Å². The fraction of sp³-hybridized carbons (Fsp3) is 0.333. The number of hydrogen-bond donors (Lipinski definition) is 1. The van der Waals surface area contributed by atoms with E-state index in [1.54, 1.807) is 17.4 Å². The van der Waals surface area contributed by atoms with Crippen LogP contribution in [0.2, 0.25) is 0 Å². The van der Waals surface area contributed by atoms with Crippen LogP contribution in [-0.2, 0) is 13.2 Å². The van der Waals surface area contributed by atoms with Gasteiger partial charge in [0.15, 0.2) is 0 Å². The first-order valence-electron chi connectivity index (χ1n) is 6.59. The molecule has 0 aliphatic heterocycles. The lowest BCUT2D eigenvalue weighted by Gasteiger charge is -2.08. The van der Waals surface area contributed by atoms with Gasteiger partial charge >= 0.3 is 0 Å². The highest BCUT2D eigenvalue weighted by Gasteiger charge is 2.20. The van der Waals surface area contributed by atoms with E-state index < -0.39 is 0 Å². The fourth-order valence-electron chi connectivity index (χ4n) is 1.94. The summed E-state index contributed by atoms with van der Waals surface area (Å²) in [6.07, 6.45) is 2.46. The van der Waals surface area contributed by atoms with Gasteiger partial charge < -0.3 is 10.1 Å². The van der Waals surface area contributed by atoms with Crippen LogP contribution in [0.4, 0.5) is 4.39 Å². The summed E-state index contributed by atoms with van der Waals surface area (Å²) in [6, 6.07) is 9.50. The molecule has 3 rings (SSSR count). The third-order valence-corrected chi connectivity index (χ3v) is 4.71. The number of benzene rings is 1. The van der Waals surface area contributed by atoms with Crippen LogP contribution in [-0.4, -0.2) is 6.04 Å². The maximum absolute atomic E-state index is 13.6. The van der Waals surface area contributed by atoms with Crippen LogP contribution < -0.4 is 10.1 Å². The predicted octanol–water partition coefficient (Wildman–Crippen LogP) is 4.48. The molecular weight excluding hydrogens is 341 g/mol. The molecule has 0 radical (unpaired) electrons. The summed E-state index contributed by atoms with van der Waals surface area (Å²) >= 11 is 5.04. The van der Waals surface area contributed by atoms with Crippen molar-refractivity contribution in [2.45, 2.75) is 32.0 Å². The molecule has 106 valence electrons. The summed E-state index contributed by atoms with van der Waals surface area (Å²) in [5.74, 6) is 0.338. The van der Waals surface area contributed by atoms with Gasteiger partial charge in [0, 0.05) is 23.5 Å². The van der Waals surface area contributed by atoms with Crippen LogP contribution in [0.3, 0.4) is 0 Å². The Balaban J connectivity index is 1.62. The molecule has 5 heteroatoms. The van der Waals surface area contributed by atoms with Gasteiger partial charge in [-0.05, 0) is 58.6 Å². The van der Waals surface area contributed by atoms with Crippen LogP contribution in [0.5, 0.6) is 5.75 Å². The molecule has 1 aliphatic carbocycles. The Morgan fingerprint density at radius 2 is 2.15 bits per heavy atom. The van der Waals surface area contributed by atoms with E-state index in [9.17, 15) is 4.39 Å². The van der Waals surface area contributed by atoms with Gasteiger partial charge in [0.2, 0.25) is 0 Å². The first-order valence-corrected chi connectivity index (χ1v) is 8.20. The van der Waals surface area contributed by atoms with E-state index in [0.29, 0.717) is 24.9 Å². The van der Waals surface area contributed by atoms with Crippen molar-refractivity contribution < 1.29 is 9.13 Å². The van der Waals surface area contributed by atoms with E-state index in [2.05, 4.69) is 21.2 Å². The third-order valence-electron chi connectivity index (χ3n) is 3.11. The van der Waals surface area contributed by atoms with Crippen LogP contribution in [0.15, 0.2) is 34.1 Å². The molecule has 0 spiro atoms. The van der Waals surface area contributed by atoms with Gasteiger partial charge in [0.25, 0.3) is 0 Å². The maximum atomic E-state index is 13.6.